The topological polar surface area (TPSA) is 54.4 Å². The molecule has 0 heterocycles. The largest absolute Gasteiger partial charge is 0.478 e. The molecule has 1 aromatic carbocycles. The summed E-state index contributed by atoms with van der Waals surface area (Å²) in [6.07, 6.45) is -13.0. The fraction of sp³-hybridized carbons (Fsp3) is 0.562. The van der Waals surface area contributed by atoms with E-state index >= 15 is 0 Å². The third-order valence-electron chi connectivity index (χ3n) is 4.14. The number of hydrogen-bond acceptors (Lipinski definition) is 2. The Kier molecular flexibility index (Phi) is 6.73. The first kappa shape index (κ1) is 23.4. The van der Waals surface area contributed by atoms with E-state index in [0.717, 1.165) is 0 Å². The lowest BCUT2D eigenvalue weighted by molar-refractivity contribution is -0.349. The minimum atomic E-state index is -6.39. The lowest BCUT2D eigenvalue weighted by atomic mass is 9.90. The second kappa shape index (κ2) is 7.76. The monoisotopic (exact) mass is 422 g/mol. The number of carboxylic acids is 1. The molecule has 1 N–H and O–H groups in total. The van der Waals surface area contributed by atoms with Crippen LogP contribution in [-0.4, -0.2) is 32.9 Å². The molecule has 0 bridgehead atoms. The molecule has 0 fully saturated rings. The first-order chi connectivity index (χ1) is 12.1. The van der Waals surface area contributed by atoms with Gasteiger partial charge >= 0.3 is 24.0 Å². The normalized spacial score (nSPS) is 15.5. The van der Waals surface area contributed by atoms with Crippen LogP contribution in [0.1, 0.15) is 48.7 Å². The number of carbonyl (C=O) groups is 1. The van der Waals surface area contributed by atoms with E-state index in [1.807, 2.05) is 0 Å². The van der Waals surface area contributed by atoms with Gasteiger partial charge < -0.3 is 5.11 Å². The molecule has 154 valence electrons. The van der Waals surface area contributed by atoms with Gasteiger partial charge in [-0.2, -0.15) is 26.3 Å². The second-order valence-electron chi connectivity index (χ2n) is 5.80. The van der Waals surface area contributed by atoms with Crippen LogP contribution >= 0.6 is 0 Å². The second-order valence-corrected chi connectivity index (χ2v) is 7.61. The van der Waals surface area contributed by atoms with Gasteiger partial charge in [0.25, 0.3) is 0 Å². The lowest BCUT2D eigenvalue weighted by Gasteiger charge is -2.33. The van der Waals surface area contributed by atoms with Crippen LogP contribution in [0.2, 0.25) is 0 Å². The minimum Gasteiger partial charge on any atom is -0.478 e. The summed E-state index contributed by atoms with van der Waals surface area (Å²) in [5.41, 5.74) is -8.82. The Labute approximate surface area is 153 Å². The first-order valence-corrected chi connectivity index (χ1v) is 8.98. The maximum absolute atomic E-state index is 14.6. The van der Waals surface area contributed by atoms with Gasteiger partial charge in [-0.15, -0.1) is 0 Å². The van der Waals surface area contributed by atoms with Crippen LogP contribution in [0.25, 0.3) is 0 Å². The molecule has 11 heteroatoms. The van der Waals surface area contributed by atoms with Crippen molar-refractivity contribution in [2.24, 2.45) is 0 Å². The van der Waals surface area contributed by atoms with Crippen molar-refractivity contribution in [2.75, 3.05) is 0 Å². The number of aromatic carboxylic acids is 1. The van der Waals surface area contributed by atoms with Gasteiger partial charge in [0.2, 0.25) is 0 Å². The summed E-state index contributed by atoms with van der Waals surface area (Å²) in [4.78, 5) is 10.2. The Hall–Kier alpha value is -1.65. The van der Waals surface area contributed by atoms with Crippen molar-refractivity contribution >= 4 is 16.8 Å². The number of benzene rings is 1. The molecule has 0 aliphatic carbocycles. The van der Waals surface area contributed by atoms with Gasteiger partial charge in [0, 0.05) is 10.8 Å². The average Bonchev–Trinajstić information content (AvgIpc) is 2.55. The molecule has 1 rings (SSSR count). The van der Waals surface area contributed by atoms with Crippen molar-refractivity contribution in [3.63, 3.8) is 0 Å². The van der Waals surface area contributed by atoms with E-state index in [1.54, 1.807) is 0 Å². The van der Waals surface area contributed by atoms with E-state index in [2.05, 4.69) is 0 Å². The summed E-state index contributed by atoms with van der Waals surface area (Å²) in [6.45, 7) is 4.06. The van der Waals surface area contributed by atoms with Crippen molar-refractivity contribution in [3.8, 4) is 0 Å². The molecule has 1 aromatic rings. The maximum atomic E-state index is 14.6. The molecular weight excluding hydrogens is 405 g/mol. The number of rotatable bonds is 6. The van der Waals surface area contributed by atoms with Crippen molar-refractivity contribution < 1.29 is 44.8 Å². The van der Waals surface area contributed by atoms with Crippen molar-refractivity contribution in [3.05, 3.63) is 28.8 Å². The SMILES string of the molecule is CCc1c(C(=O)O)ccc(C(F)(C(F)(F)F)C(F)(F)F)c1[S@@](=O)[C@H](C)CC. The van der Waals surface area contributed by atoms with Crippen molar-refractivity contribution in [1.82, 2.24) is 0 Å². The minimum absolute atomic E-state index is 0.101. The summed E-state index contributed by atoms with van der Waals surface area (Å²) >= 11 is 0. The van der Waals surface area contributed by atoms with Gasteiger partial charge in [0.05, 0.1) is 21.3 Å². The summed E-state index contributed by atoms with van der Waals surface area (Å²) in [5.74, 6) is -1.63. The molecule has 0 saturated heterocycles. The molecule has 0 saturated carbocycles. The molecule has 0 unspecified atom stereocenters. The molecule has 0 amide bonds. The van der Waals surface area contributed by atoms with E-state index in [4.69, 9.17) is 0 Å². The van der Waals surface area contributed by atoms with E-state index in [9.17, 15) is 44.8 Å². The van der Waals surface area contributed by atoms with Gasteiger partial charge in [-0.3, -0.25) is 4.21 Å². The highest BCUT2D eigenvalue weighted by molar-refractivity contribution is 7.85. The molecule has 0 aliphatic heterocycles. The Morgan fingerprint density at radius 1 is 1.07 bits per heavy atom. The smallest absolute Gasteiger partial charge is 0.435 e. The molecule has 27 heavy (non-hydrogen) atoms. The Morgan fingerprint density at radius 2 is 1.56 bits per heavy atom. The average molecular weight is 422 g/mol. The quantitative estimate of drug-likeness (QED) is 0.646. The zero-order valence-corrected chi connectivity index (χ0v) is 15.3. The molecule has 0 radical (unpaired) electrons. The number of alkyl halides is 7. The zero-order valence-electron chi connectivity index (χ0n) is 14.5. The molecular formula is C16H17F7O3S. The van der Waals surface area contributed by atoms with E-state index in [-0.39, 0.29) is 18.9 Å². The third-order valence-corrected chi connectivity index (χ3v) is 6.07. The predicted molar refractivity (Wildman–Crippen MR) is 83.8 cm³/mol. The Bertz CT molecular complexity index is 727. The van der Waals surface area contributed by atoms with Crippen LogP contribution in [0.15, 0.2) is 17.0 Å². The van der Waals surface area contributed by atoms with Crippen LogP contribution in [0.4, 0.5) is 30.7 Å². The van der Waals surface area contributed by atoms with Gasteiger partial charge in [0.1, 0.15) is 0 Å². The van der Waals surface area contributed by atoms with Crippen LogP contribution in [0, 0.1) is 0 Å². The first-order valence-electron chi connectivity index (χ1n) is 7.77. The number of carboxylic acid groups (broad SMARTS) is 1. The lowest BCUT2D eigenvalue weighted by Crippen LogP contribution is -2.51. The van der Waals surface area contributed by atoms with Crippen molar-refractivity contribution in [1.29, 1.82) is 0 Å². The van der Waals surface area contributed by atoms with Crippen LogP contribution < -0.4 is 0 Å². The molecule has 0 spiro atoms. The van der Waals surface area contributed by atoms with Gasteiger partial charge in [-0.25, -0.2) is 9.18 Å². The third kappa shape index (κ3) is 3.97. The zero-order chi connectivity index (χ0) is 21.4. The summed E-state index contributed by atoms with van der Waals surface area (Å²) in [5, 5.41) is 8.25. The molecule has 2 atom stereocenters. The highest BCUT2D eigenvalue weighted by Gasteiger charge is 2.74. The Morgan fingerprint density at radius 3 is 1.89 bits per heavy atom. The van der Waals surface area contributed by atoms with E-state index in [0.29, 0.717) is 6.07 Å². The van der Waals surface area contributed by atoms with E-state index < -0.39 is 61.6 Å². The predicted octanol–water partition coefficient (Wildman–Crippen LogP) is 5.14. The molecule has 3 nitrogen and oxygen atoms in total. The van der Waals surface area contributed by atoms with Crippen LogP contribution in [0.3, 0.4) is 0 Å². The highest BCUT2D eigenvalue weighted by atomic mass is 32.2. The van der Waals surface area contributed by atoms with Gasteiger partial charge in [-0.05, 0) is 24.5 Å². The number of hydrogen-bond donors (Lipinski definition) is 1. The fourth-order valence-electron chi connectivity index (χ4n) is 2.50. The molecule has 0 aliphatic rings. The van der Waals surface area contributed by atoms with Crippen LogP contribution in [-0.2, 0) is 22.9 Å². The fourth-order valence-corrected chi connectivity index (χ4v) is 4.13. The summed E-state index contributed by atoms with van der Waals surface area (Å²) in [7, 11) is -2.50. The highest BCUT2D eigenvalue weighted by Crippen LogP contribution is 2.55. The van der Waals surface area contributed by atoms with Crippen molar-refractivity contribution in [2.45, 2.75) is 61.8 Å². The maximum Gasteiger partial charge on any atom is 0.435 e. The van der Waals surface area contributed by atoms with Gasteiger partial charge in [0.15, 0.2) is 0 Å². The van der Waals surface area contributed by atoms with Gasteiger partial charge in [-0.1, -0.05) is 26.8 Å². The van der Waals surface area contributed by atoms with Crippen LogP contribution in [0.5, 0.6) is 0 Å². The summed E-state index contributed by atoms with van der Waals surface area (Å²) < 4.78 is 106. The number of halogens is 7. The standard InChI is InChI=1S/C16H17F7O3S/c1-4-8(3)27(26)12-9(5-2)10(13(24)25)6-7-11(12)14(17,15(18,19)20)16(21,22)23/h6-8H,4-5H2,1-3H3,(H,24,25)/t8-,27+/m1/s1. The summed E-state index contributed by atoms with van der Waals surface area (Å²) in [6, 6.07) is 0.582. The Balaban J connectivity index is 4.09. The molecule has 0 aromatic heterocycles. The van der Waals surface area contributed by atoms with E-state index in [1.165, 1.54) is 20.8 Å².